The maximum atomic E-state index is 12.7. The minimum Gasteiger partial charge on any atom is -0.423 e. The van der Waals surface area contributed by atoms with E-state index in [4.69, 9.17) is 32.7 Å². The van der Waals surface area contributed by atoms with Gasteiger partial charge in [-0.25, -0.2) is 9.59 Å². The highest BCUT2D eigenvalue weighted by Gasteiger charge is 2.21. The van der Waals surface area contributed by atoms with E-state index in [9.17, 15) is 9.59 Å². The lowest BCUT2D eigenvalue weighted by Gasteiger charge is -2.12. The van der Waals surface area contributed by atoms with Crippen molar-refractivity contribution in [1.29, 1.82) is 0 Å². The van der Waals surface area contributed by atoms with Crippen LogP contribution in [0.2, 0.25) is 10.0 Å². The van der Waals surface area contributed by atoms with E-state index in [0.29, 0.717) is 32.7 Å². The predicted molar refractivity (Wildman–Crippen MR) is 109 cm³/mol. The number of aryl methyl sites for hydroxylation is 2. The number of benzene rings is 3. The predicted octanol–water partition coefficient (Wildman–Crippen LogP) is 6.05. The van der Waals surface area contributed by atoms with Crippen LogP contribution in [0.4, 0.5) is 0 Å². The molecule has 3 aromatic rings. The lowest BCUT2D eigenvalue weighted by atomic mass is 10.1. The summed E-state index contributed by atoms with van der Waals surface area (Å²) < 4.78 is 10.9. The average Bonchev–Trinajstić information content (AvgIpc) is 2.66. The third-order valence-electron chi connectivity index (χ3n) is 4.05. The normalized spacial score (nSPS) is 10.4. The minimum atomic E-state index is -0.661. The van der Waals surface area contributed by atoms with Crippen molar-refractivity contribution in [2.75, 3.05) is 0 Å². The van der Waals surface area contributed by atoms with Crippen LogP contribution in [0.15, 0.2) is 60.7 Å². The SMILES string of the molecule is Cc1cc(Cl)ccc1OC(=O)c1ccccc1C(=O)Oc1ccc(Cl)cc1C. The fraction of sp³-hybridized carbons (Fsp3) is 0.0909. The van der Waals surface area contributed by atoms with Crippen LogP contribution >= 0.6 is 23.2 Å². The van der Waals surface area contributed by atoms with Crippen molar-refractivity contribution in [3.05, 3.63) is 93.0 Å². The molecule has 0 aliphatic rings. The van der Waals surface area contributed by atoms with Crippen molar-refractivity contribution in [1.82, 2.24) is 0 Å². The van der Waals surface area contributed by atoms with Crippen LogP contribution in [0.3, 0.4) is 0 Å². The van der Waals surface area contributed by atoms with E-state index in [1.807, 2.05) is 0 Å². The summed E-state index contributed by atoms with van der Waals surface area (Å²) >= 11 is 11.9. The van der Waals surface area contributed by atoms with Crippen LogP contribution in [-0.2, 0) is 0 Å². The van der Waals surface area contributed by atoms with E-state index in [-0.39, 0.29) is 11.1 Å². The highest BCUT2D eigenvalue weighted by atomic mass is 35.5. The molecule has 0 saturated carbocycles. The van der Waals surface area contributed by atoms with E-state index in [2.05, 4.69) is 0 Å². The van der Waals surface area contributed by atoms with Gasteiger partial charge in [0.2, 0.25) is 0 Å². The molecular weight excluding hydrogens is 399 g/mol. The largest absolute Gasteiger partial charge is 0.423 e. The maximum Gasteiger partial charge on any atom is 0.344 e. The number of carbonyl (C=O) groups is 2. The lowest BCUT2D eigenvalue weighted by Crippen LogP contribution is -2.18. The van der Waals surface area contributed by atoms with Gasteiger partial charge in [-0.15, -0.1) is 0 Å². The van der Waals surface area contributed by atoms with E-state index in [1.54, 1.807) is 62.4 Å². The second-order valence-corrected chi connectivity index (χ2v) is 7.02. The Morgan fingerprint density at radius 1 is 0.679 bits per heavy atom. The molecule has 0 unspecified atom stereocenters. The summed E-state index contributed by atoms with van der Waals surface area (Å²) in [4.78, 5) is 25.3. The van der Waals surface area contributed by atoms with Crippen LogP contribution in [0.1, 0.15) is 31.8 Å². The first-order valence-corrected chi connectivity index (χ1v) is 9.16. The van der Waals surface area contributed by atoms with E-state index >= 15 is 0 Å². The van der Waals surface area contributed by atoms with E-state index < -0.39 is 11.9 Å². The Labute approximate surface area is 172 Å². The Kier molecular flexibility index (Phi) is 6.02. The van der Waals surface area contributed by atoms with E-state index in [1.165, 1.54) is 12.1 Å². The van der Waals surface area contributed by atoms with Gasteiger partial charge < -0.3 is 9.47 Å². The molecule has 142 valence electrons. The van der Waals surface area contributed by atoms with Crippen LogP contribution in [-0.4, -0.2) is 11.9 Å². The first-order valence-electron chi connectivity index (χ1n) is 8.41. The highest BCUT2D eigenvalue weighted by Crippen LogP contribution is 2.25. The second-order valence-electron chi connectivity index (χ2n) is 6.14. The third kappa shape index (κ3) is 4.53. The molecule has 0 spiro atoms. The number of hydrogen-bond donors (Lipinski definition) is 0. The molecular formula is C22H16Cl2O4. The molecule has 0 radical (unpaired) electrons. The van der Waals surface area contributed by atoms with Gasteiger partial charge in [-0.05, 0) is 73.5 Å². The zero-order valence-electron chi connectivity index (χ0n) is 15.2. The van der Waals surface area contributed by atoms with Gasteiger partial charge in [-0.2, -0.15) is 0 Å². The summed E-state index contributed by atoms with van der Waals surface area (Å²) in [6, 6.07) is 16.2. The van der Waals surface area contributed by atoms with Crippen molar-refractivity contribution in [2.24, 2.45) is 0 Å². The molecule has 6 heteroatoms. The number of rotatable bonds is 4. The number of ether oxygens (including phenoxy) is 2. The molecule has 0 fully saturated rings. The van der Waals surface area contributed by atoms with Crippen LogP contribution in [0.5, 0.6) is 11.5 Å². The Morgan fingerprint density at radius 3 is 1.43 bits per heavy atom. The van der Waals surface area contributed by atoms with Crippen LogP contribution in [0.25, 0.3) is 0 Å². The summed E-state index contributed by atoms with van der Waals surface area (Å²) in [5.74, 6) is -0.589. The number of esters is 2. The standard InChI is InChI=1S/C22H16Cl2O4/c1-13-11-15(23)7-9-19(13)27-21(25)17-5-3-4-6-18(17)22(26)28-20-10-8-16(24)12-14(20)2/h3-12H,1-2H3. The van der Waals surface area contributed by atoms with Gasteiger partial charge in [-0.3, -0.25) is 0 Å². The zero-order valence-corrected chi connectivity index (χ0v) is 16.7. The Hall–Kier alpha value is -2.82. The fourth-order valence-corrected chi connectivity index (χ4v) is 3.06. The summed E-state index contributed by atoms with van der Waals surface area (Å²) in [5.41, 5.74) is 1.62. The van der Waals surface area contributed by atoms with Gasteiger partial charge in [0.15, 0.2) is 0 Å². The Morgan fingerprint density at radius 2 is 1.07 bits per heavy atom. The van der Waals surface area contributed by atoms with Crippen molar-refractivity contribution < 1.29 is 19.1 Å². The van der Waals surface area contributed by atoms with Crippen molar-refractivity contribution >= 4 is 35.1 Å². The molecule has 0 aliphatic carbocycles. The minimum absolute atomic E-state index is 0.105. The van der Waals surface area contributed by atoms with Gasteiger partial charge in [-0.1, -0.05) is 35.3 Å². The molecule has 0 N–H and O–H groups in total. The monoisotopic (exact) mass is 414 g/mol. The Bertz CT molecular complexity index is 976. The highest BCUT2D eigenvalue weighted by molar-refractivity contribution is 6.31. The van der Waals surface area contributed by atoms with Gasteiger partial charge in [0.25, 0.3) is 0 Å². The molecule has 0 aliphatic heterocycles. The van der Waals surface area contributed by atoms with Gasteiger partial charge >= 0.3 is 11.9 Å². The molecule has 3 rings (SSSR count). The van der Waals surface area contributed by atoms with Crippen LogP contribution in [0, 0.1) is 13.8 Å². The zero-order chi connectivity index (χ0) is 20.3. The smallest absolute Gasteiger partial charge is 0.344 e. The molecule has 0 bridgehead atoms. The molecule has 0 saturated heterocycles. The topological polar surface area (TPSA) is 52.6 Å². The fourth-order valence-electron chi connectivity index (χ4n) is 2.60. The number of halogens is 2. The van der Waals surface area contributed by atoms with Gasteiger partial charge in [0.1, 0.15) is 11.5 Å². The first-order chi connectivity index (χ1) is 13.3. The van der Waals surface area contributed by atoms with Gasteiger partial charge in [0.05, 0.1) is 11.1 Å². The number of hydrogen-bond acceptors (Lipinski definition) is 4. The van der Waals surface area contributed by atoms with Crippen molar-refractivity contribution in [3.8, 4) is 11.5 Å². The van der Waals surface area contributed by atoms with Crippen LogP contribution < -0.4 is 9.47 Å². The molecule has 0 heterocycles. The van der Waals surface area contributed by atoms with E-state index in [0.717, 1.165) is 0 Å². The maximum absolute atomic E-state index is 12.7. The molecule has 0 atom stereocenters. The van der Waals surface area contributed by atoms with Crippen molar-refractivity contribution in [2.45, 2.75) is 13.8 Å². The number of carbonyl (C=O) groups excluding carboxylic acids is 2. The Balaban J connectivity index is 1.85. The molecule has 3 aromatic carbocycles. The summed E-state index contributed by atoms with van der Waals surface area (Å²) in [5, 5.41) is 1.08. The molecule has 4 nitrogen and oxygen atoms in total. The summed E-state index contributed by atoms with van der Waals surface area (Å²) in [6.45, 7) is 3.55. The molecule has 0 aromatic heterocycles. The average molecular weight is 415 g/mol. The second kappa shape index (κ2) is 8.46. The third-order valence-corrected chi connectivity index (χ3v) is 4.52. The summed E-state index contributed by atoms with van der Waals surface area (Å²) in [6.07, 6.45) is 0. The lowest BCUT2D eigenvalue weighted by molar-refractivity contribution is 0.0691. The first kappa shape index (κ1) is 19.9. The summed E-state index contributed by atoms with van der Waals surface area (Å²) in [7, 11) is 0. The molecule has 0 amide bonds. The quantitative estimate of drug-likeness (QED) is 0.385. The van der Waals surface area contributed by atoms with Gasteiger partial charge in [0, 0.05) is 10.0 Å². The molecule has 28 heavy (non-hydrogen) atoms. The van der Waals surface area contributed by atoms with Crippen molar-refractivity contribution in [3.63, 3.8) is 0 Å².